The predicted molar refractivity (Wildman–Crippen MR) is 95.6 cm³/mol. The van der Waals surface area contributed by atoms with Gasteiger partial charge in [0, 0.05) is 18.3 Å². The molecule has 1 aromatic carbocycles. The lowest BCUT2D eigenvalue weighted by Gasteiger charge is -2.04. The maximum absolute atomic E-state index is 12.4. The molecule has 0 unspecified atom stereocenters. The zero-order valence-corrected chi connectivity index (χ0v) is 14.4. The van der Waals surface area contributed by atoms with Crippen molar-refractivity contribution < 1.29 is 9.53 Å². The Morgan fingerprint density at radius 1 is 1.32 bits per heavy atom. The number of imidazole rings is 1. The summed E-state index contributed by atoms with van der Waals surface area (Å²) in [5.74, 6) is 1.32. The Kier molecular flexibility index (Phi) is 3.92. The highest BCUT2D eigenvalue weighted by atomic mass is 16.5. The highest BCUT2D eigenvalue weighted by molar-refractivity contribution is 5.82. The number of aryl methyl sites for hydroxylation is 1. The van der Waals surface area contributed by atoms with Crippen LogP contribution in [0.3, 0.4) is 0 Å². The second kappa shape index (κ2) is 6.24. The van der Waals surface area contributed by atoms with Gasteiger partial charge in [-0.05, 0) is 54.7 Å². The van der Waals surface area contributed by atoms with E-state index in [1.165, 1.54) is 11.1 Å². The summed E-state index contributed by atoms with van der Waals surface area (Å²) in [7, 11) is 1.66. The molecule has 2 aromatic heterocycles. The van der Waals surface area contributed by atoms with Gasteiger partial charge in [-0.2, -0.15) is 0 Å². The second-order valence-electron chi connectivity index (χ2n) is 6.64. The smallest absolute Gasteiger partial charge is 0.224 e. The van der Waals surface area contributed by atoms with Crippen LogP contribution in [0, 0.1) is 12.8 Å². The average molecular weight is 335 g/mol. The number of carbonyl (C=O) groups is 1. The monoisotopic (exact) mass is 335 g/mol. The van der Waals surface area contributed by atoms with Crippen molar-refractivity contribution in [2.75, 3.05) is 7.11 Å². The van der Waals surface area contributed by atoms with Crippen LogP contribution in [0.25, 0.3) is 5.65 Å². The summed E-state index contributed by atoms with van der Waals surface area (Å²) in [6.07, 6.45) is 4.86. The van der Waals surface area contributed by atoms with Gasteiger partial charge >= 0.3 is 0 Å². The van der Waals surface area contributed by atoms with Crippen LogP contribution in [0.4, 0.5) is 0 Å². The molecule has 0 bridgehead atoms. The molecule has 128 valence electrons. The van der Waals surface area contributed by atoms with E-state index < -0.39 is 0 Å². The number of methoxy groups -OCH3 is 1. The Labute approximate surface area is 146 Å². The lowest BCUT2D eigenvalue weighted by atomic mass is 10.1. The van der Waals surface area contributed by atoms with E-state index in [0.717, 1.165) is 23.5 Å². The van der Waals surface area contributed by atoms with Gasteiger partial charge in [0.15, 0.2) is 0 Å². The first-order chi connectivity index (χ1) is 12.1. The molecule has 25 heavy (non-hydrogen) atoms. The highest BCUT2D eigenvalue weighted by Gasteiger charge is 2.43. The quantitative estimate of drug-likeness (QED) is 0.779. The van der Waals surface area contributed by atoms with E-state index in [2.05, 4.69) is 10.3 Å². The van der Waals surface area contributed by atoms with E-state index in [-0.39, 0.29) is 11.8 Å². The topological polar surface area (TPSA) is 55.6 Å². The summed E-state index contributed by atoms with van der Waals surface area (Å²) in [6.45, 7) is 2.51. The molecule has 1 saturated carbocycles. The molecular weight excluding hydrogens is 314 g/mol. The summed E-state index contributed by atoms with van der Waals surface area (Å²) in [6, 6.07) is 12.1. The van der Waals surface area contributed by atoms with Gasteiger partial charge < -0.3 is 14.5 Å². The number of benzene rings is 1. The number of rotatable bonds is 5. The first-order valence-electron chi connectivity index (χ1n) is 8.50. The third kappa shape index (κ3) is 3.22. The lowest BCUT2D eigenvalue weighted by Crippen LogP contribution is -2.25. The molecule has 4 rings (SSSR count). The largest absolute Gasteiger partial charge is 0.497 e. The number of aromatic nitrogens is 2. The van der Waals surface area contributed by atoms with Crippen molar-refractivity contribution in [3.05, 3.63) is 65.6 Å². The molecule has 3 aromatic rings. The van der Waals surface area contributed by atoms with Gasteiger partial charge in [0.1, 0.15) is 11.4 Å². The average Bonchev–Trinajstić information content (AvgIpc) is 3.33. The van der Waals surface area contributed by atoms with E-state index in [9.17, 15) is 4.79 Å². The number of pyridine rings is 1. The van der Waals surface area contributed by atoms with Crippen LogP contribution in [0.5, 0.6) is 5.75 Å². The Morgan fingerprint density at radius 2 is 2.12 bits per heavy atom. The Balaban J connectivity index is 1.36. The molecule has 0 saturated heterocycles. The van der Waals surface area contributed by atoms with Gasteiger partial charge in [0.25, 0.3) is 0 Å². The fourth-order valence-corrected chi connectivity index (χ4v) is 3.23. The number of carbonyl (C=O) groups excluding carboxylic acids is 1. The molecule has 5 heteroatoms. The number of hydrogen-bond acceptors (Lipinski definition) is 3. The van der Waals surface area contributed by atoms with Gasteiger partial charge in [0.05, 0.1) is 19.3 Å². The number of fused-ring (bicyclic) bond motifs is 1. The molecule has 1 aliphatic rings. The molecule has 0 aliphatic heterocycles. The SMILES string of the molecule is COc1ccc([C@@H]2C[C@H]2C(=O)NCc2cn3ccc(C)cc3n2)cc1. The summed E-state index contributed by atoms with van der Waals surface area (Å²) < 4.78 is 7.15. The number of ether oxygens (including phenoxy) is 1. The Hall–Kier alpha value is -2.82. The Morgan fingerprint density at radius 3 is 2.88 bits per heavy atom. The van der Waals surface area contributed by atoms with Gasteiger partial charge in [-0.25, -0.2) is 4.98 Å². The molecule has 0 spiro atoms. The second-order valence-corrected chi connectivity index (χ2v) is 6.64. The van der Waals surface area contributed by atoms with E-state index in [1.807, 2.05) is 60.1 Å². The third-order valence-electron chi connectivity index (χ3n) is 4.78. The maximum Gasteiger partial charge on any atom is 0.224 e. The summed E-state index contributed by atoms with van der Waals surface area (Å²) in [5, 5.41) is 3.02. The lowest BCUT2D eigenvalue weighted by molar-refractivity contribution is -0.122. The molecule has 2 heterocycles. The summed E-state index contributed by atoms with van der Waals surface area (Å²) >= 11 is 0. The van der Waals surface area contributed by atoms with Crippen LogP contribution in [0.1, 0.15) is 29.2 Å². The van der Waals surface area contributed by atoms with Crippen molar-refractivity contribution >= 4 is 11.6 Å². The zero-order valence-electron chi connectivity index (χ0n) is 14.4. The minimum absolute atomic E-state index is 0.0627. The van der Waals surface area contributed by atoms with Gasteiger partial charge in [-0.3, -0.25) is 4.79 Å². The highest BCUT2D eigenvalue weighted by Crippen LogP contribution is 2.47. The number of nitrogens with zero attached hydrogens (tertiary/aromatic N) is 2. The van der Waals surface area contributed by atoms with Gasteiger partial charge in [-0.15, -0.1) is 0 Å². The number of amides is 1. The molecule has 1 fully saturated rings. The predicted octanol–water partition coefficient (Wildman–Crippen LogP) is 3.07. The first-order valence-corrected chi connectivity index (χ1v) is 8.50. The Bertz CT molecular complexity index is 914. The van der Waals surface area contributed by atoms with Crippen molar-refractivity contribution in [3.8, 4) is 5.75 Å². The van der Waals surface area contributed by atoms with Crippen LogP contribution in [-0.2, 0) is 11.3 Å². The fraction of sp³-hybridized carbons (Fsp3) is 0.300. The van der Waals surface area contributed by atoms with E-state index in [0.29, 0.717) is 12.5 Å². The van der Waals surface area contributed by atoms with Crippen molar-refractivity contribution in [1.82, 2.24) is 14.7 Å². The van der Waals surface area contributed by atoms with Crippen molar-refractivity contribution in [2.24, 2.45) is 5.92 Å². The minimum atomic E-state index is 0.0627. The van der Waals surface area contributed by atoms with Crippen LogP contribution < -0.4 is 10.1 Å². The molecule has 1 aliphatic carbocycles. The van der Waals surface area contributed by atoms with E-state index >= 15 is 0 Å². The molecule has 2 atom stereocenters. The molecule has 0 radical (unpaired) electrons. The molecule has 5 nitrogen and oxygen atoms in total. The number of nitrogens with one attached hydrogen (secondary N) is 1. The van der Waals surface area contributed by atoms with Crippen LogP contribution >= 0.6 is 0 Å². The first kappa shape index (κ1) is 15.7. The fourth-order valence-electron chi connectivity index (χ4n) is 3.23. The zero-order chi connectivity index (χ0) is 17.4. The van der Waals surface area contributed by atoms with Crippen molar-refractivity contribution in [1.29, 1.82) is 0 Å². The van der Waals surface area contributed by atoms with Crippen LogP contribution in [0.15, 0.2) is 48.8 Å². The van der Waals surface area contributed by atoms with E-state index in [4.69, 9.17) is 4.74 Å². The molecule has 1 amide bonds. The van der Waals surface area contributed by atoms with Crippen molar-refractivity contribution in [3.63, 3.8) is 0 Å². The minimum Gasteiger partial charge on any atom is -0.497 e. The summed E-state index contributed by atoms with van der Waals surface area (Å²) in [5.41, 5.74) is 4.16. The van der Waals surface area contributed by atoms with Gasteiger partial charge in [0.2, 0.25) is 5.91 Å². The normalized spacial score (nSPS) is 19.0. The third-order valence-corrected chi connectivity index (χ3v) is 4.78. The van der Waals surface area contributed by atoms with Crippen LogP contribution in [-0.4, -0.2) is 22.4 Å². The van der Waals surface area contributed by atoms with Crippen LogP contribution in [0.2, 0.25) is 0 Å². The number of hydrogen-bond donors (Lipinski definition) is 1. The molecule has 1 N–H and O–H groups in total. The van der Waals surface area contributed by atoms with Gasteiger partial charge in [-0.1, -0.05) is 12.1 Å². The summed E-state index contributed by atoms with van der Waals surface area (Å²) in [4.78, 5) is 16.9. The van der Waals surface area contributed by atoms with Crippen molar-refractivity contribution in [2.45, 2.75) is 25.8 Å². The standard InChI is InChI=1S/C20H21N3O2/c1-13-7-8-23-12-15(22-19(23)9-13)11-21-20(24)18-10-17(18)14-3-5-16(25-2)6-4-14/h3-9,12,17-18H,10-11H2,1-2H3,(H,21,24)/t17-,18+/m0/s1. The van der Waals surface area contributed by atoms with E-state index in [1.54, 1.807) is 7.11 Å². The molecular formula is C20H21N3O2. The maximum atomic E-state index is 12.4.